The molecule has 2 aromatic rings. The number of alkyl halides is 3. The van der Waals surface area contributed by atoms with E-state index in [1.54, 1.807) is 5.32 Å². The number of carboxylic acid groups (broad SMARTS) is 1. The third-order valence-corrected chi connectivity index (χ3v) is 7.45. The van der Waals surface area contributed by atoms with Crippen LogP contribution in [0.1, 0.15) is 18.1 Å². The number of rotatable bonds is 4. The zero-order valence-corrected chi connectivity index (χ0v) is 19.8. The van der Waals surface area contributed by atoms with E-state index in [2.05, 4.69) is 10.3 Å². The van der Waals surface area contributed by atoms with E-state index in [4.69, 9.17) is 16.7 Å². The van der Waals surface area contributed by atoms with E-state index in [1.165, 1.54) is 6.92 Å². The molecule has 0 spiro atoms. The Morgan fingerprint density at radius 3 is 2.50 bits per heavy atom. The summed E-state index contributed by atoms with van der Waals surface area (Å²) < 4.78 is 82.4. The average molecular weight is 554 g/mol. The zero-order chi connectivity index (χ0) is 27.2. The van der Waals surface area contributed by atoms with E-state index >= 15 is 4.39 Å². The van der Waals surface area contributed by atoms with Crippen LogP contribution in [0.3, 0.4) is 0 Å². The third kappa shape index (κ3) is 4.99. The number of amides is 1. The summed E-state index contributed by atoms with van der Waals surface area (Å²) in [5.41, 5.74) is -6.83. The van der Waals surface area contributed by atoms with Crippen LogP contribution in [0.5, 0.6) is 0 Å². The van der Waals surface area contributed by atoms with Crippen LogP contribution in [-0.2, 0) is 21.7 Å². The van der Waals surface area contributed by atoms with Gasteiger partial charge in [-0.05, 0) is 19.1 Å². The number of hydrogen-bond acceptors (Lipinski definition) is 7. The normalized spacial score (nSPS) is 19.4. The molecule has 0 aromatic heterocycles. The molecule has 3 rings (SSSR count). The van der Waals surface area contributed by atoms with Gasteiger partial charge in [-0.3, -0.25) is 15.4 Å². The fourth-order valence-corrected chi connectivity index (χ4v) is 5.30. The molecule has 1 atom stereocenters. The molecule has 17 heteroatoms. The molecule has 0 bridgehead atoms. The van der Waals surface area contributed by atoms with Crippen molar-refractivity contribution in [3.05, 3.63) is 62.4 Å². The predicted octanol–water partition coefficient (Wildman–Crippen LogP) is 4.26. The van der Waals surface area contributed by atoms with Gasteiger partial charge in [-0.15, -0.1) is 0 Å². The monoisotopic (exact) mass is 553 g/mol. The number of nitrogens with one attached hydrogen (secondary N) is 2. The zero-order valence-electron chi connectivity index (χ0n) is 18.2. The molecule has 1 amide bonds. The molecule has 1 aliphatic heterocycles. The van der Waals surface area contributed by atoms with Gasteiger partial charge in [-0.1, -0.05) is 23.7 Å². The van der Waals surface area contributed by atoms with Gasteiger partial charge >= 0.3 is 12.3 Å². The van der Waals surface area contributed by atoms with Gasteiger partial charge in [-0.2, -0.15) is 13.2 Å². The van der Waals surface area contributed by atoms with Gasteiger partial charge in [-0.25, -0.2) is 26.9 Å². The van der Waals surface area contributed by atoms with Gasteiger partial charge in [0, 0.05) is 18.7 Å². The Hall–Kier alpha value is -3.66. The number of nitro benzene ring substituents is 1. The Morgan fingerprint density at radius 1 is 1.31 bits per heavy atom. The van der Waals surface area contributed by atoms with Crippen LogP contribution in [0.15, 0.2) is 35.3 Å². The fourth-order valence-electron chi connectivity index (χ4n) is 3.56. The summed E-state index contributed by atoms with van der Waals surface area (Å²) in [6.07, 6.45) is -6.81. The highest BCUT2D eigenvalue weighted by Crippen LogP contribution is 2.46. The van der Waals surface area contributed by atoms with Crippen molar-refractivity contribution in [2.45, 2.75) is 18.6 Å². The topological polar surface area (TPSA) is 154 Å². The molecule has 0 radical (unpaired) electrons. The van der Waals surface area contributed by atoms with Crippen molar-refractivity contribution in [3.8, 4) is 0 Å². The van der Waals surface area contributed by atoms with Crippen LogP contribution < -0.4 is 10.6 Å². The smallest absolute Gasteiger partial charge is 0.420 e. The molecular formula is C19H16ClF4N5O6S. The number of benzene rings is 2. The quantitative estimate of drug-likeness (QED) is 0.290. The summed E-state index contributed by atoms with van der Waals surface area (Å²) in [4.78, 5) is 25.4. The lowest BCUT2D eigenvalue weighted by Crippen LogP contribution is -2.53. The molecule has 1 heterocycles. The SMILES string of the molecule is CN1C(NC(=O)O)=N[C@](C)(c2cccc(Nc3c([N+](=O)[O-])ccc(Cl)c3C(F)(F)F)c2F)CS1(=O)=O. The number of carbonyl (C=O) groups is 1. The molecule has 0 saturated heterocycles. The van der Waals surface area contributed by atoms with Crippen LogP contribution >= 0.6 is 11.6 Å². The first kappa shape index (κ1) is 26.9. The molecule has 36 heavy (non-hydrogen) atoms. The second kappa shape index (κ2) is 9.09. The highest BCUT2D eigenvalue weighted by molar-refractivity contribution is 7.89. The molecule has 0 saturated carbocycles. The summed E-state index contributed by atoms with van der Waals surface area (Å²) in [5, 5.41) is 23.4. The number of sulfonamides is 1. The van der Waals surface area contributed by atoms with Gasteiger partial charge in [0.05, 0.1) is 21.4 Å². The van der Waals surface area contributed by atoms with Crippen molar-refractivity contribution in [1.82, 2.24) is 9.62 Å². The van der Waals surface area contributed by atoms with Crippen molar-refractivity contribution >= 4 is 50.7 Å². The molecule has 194 valence electrons. The van der Waals surface area contributed by atoms with Gasteiger partial charge in [0.25, 0.3) is 5.69 Å². The molecule has 0 unspecified atom stereocenters. The van der Waals surface area contributed by atoms with E-state index < -0.39 is 83.5 Å². The lowest BCUT2D eigenvalue weighted by molar-refractivity contribution is -0.384. The summed E-state index contributed by atoms with van der Waals surface area (Å²) in [6.45, 7) is 1.17. The molecule has 1 aliphatic rings. The minimum absolute atomic E-state index is 0.438. The van der Waals surface area contributed by atoms with Crippen LogP contribution in [0.2, 0.25) is 5.02 Å². The van der Waals surface area contributed by atoms with Crippen LogP contribution in [0.4, 0.5) is 39.4 Å². The lowest BCUT2D eigenvalue weighted by Gasteiger charge is -2.35. The van der Waals surface area contributed by atoms with Crippen molar-refractivity contribution in [2.75, 3.05) is 18.1 Å². The molecular weight excluding hydrogens is 538 g/mol. The molecule has 0 aliphatic carbocycles. The van der Waals surface area contributed by atoms with Crippen LogP contribution in [-0.4, -0.2) is 47.6 Å². The van der Waals surface area contributed by atoms with E-state index in [-0.39, 0.29) is 0 Å². The minimum Gasteiger partial charge on any atom is -0.465 e. The van der Waals surface area contributed by atoms with Gasteiger partial charge in [0.15, 0.2) is 5.82 Å². The average Bonchev–Trinajstić information content (AvgIpc) is 2.71. The summed E-state index contributed by atoms with van der Waals surface area (Å²) in [6, 6.07) is 4.61. The summed E-state index contributed by atoms with van der Waals surface area (Å²) >= 11 is 5.65. The van der Waals surface area contributed by atoms with Crippen molar-refractivity contribution in [2.24, 2.45) is 4.99 Å². The van der Waals surface area contributed by atoms with Crippen molar-refractivity contribution < 1.29 is 40.8 Å². The van der Waals surface area contributed by atoms with Gasteiger partial charge in [0.1, 0.15) is 16.8 Å². The Morgan fingerprint density at radius 2 is 1.94 bits per heavy atom. The van der Waals surface area contributed by atoms with E-state index in [1.807, 2.05) is 0 Å². The number of halogens is 5. The Balaban J connectivity index is 2.21. The Bertz CT molecular complexity index is 1400. The largest absolute Gasteiger partial charge is 0.465 e. The minimum atomic E-state index is -5.16. The number of nitrogens with zero attached hydrogens (tertiary/aromatic N) is 3. The standard InChI is InChI=1S/C19H16ClF4N5O6S/c1-18(8-36(34,35)28(2)16(27-18)26-17(30)31)9-4-3-5-11(14(9)21)25-15-12(29(32)33)7-6-10(20)13(15)19(22,23)24/h3-7,25H,8H2,1-2H3,(H,26,27)(H,30,31)/t18-/m0/s1. The third-order valence-electron chi connectivity index (χ3n) is 5.20. The predicted molar refractivity (Wildman–Crippen MR) is 120 cm³/mol. The maximum absolute atomic E-state index is 15.6. The van der Waals surface area contributed by atoms with E-state index in [0.717, 1.165) is 25.2 Å². The number of aliphatic imine (C=N–C) groups is 1. The maximum atomic E-state index is 15.6. The second-order valence-corrected chi connectivity index (χ2v) is 10.1. The fraction of sp³-hybridized carbons (Fsp3) is 0.263. The Labute approximate surface area is 205 Å². The van der Waals surface area contributed by atoms with E-state index in [0.29, 0.717) is 16.4 Å². The highest BCUT2D eigenvalue weighted by Gasteiger charge is 2.44. The first-order valence-electron chi connectivity index (χ1n) is 9.64. The number of guanidine groups is 1. The van der Waals surface area contributed by atoms with Gasteiger partial charge in [0.2, 0.25) is 16.0 Å². The highest BCUT2D eigenvalue weighted by atomic mass is 35.5. The maximum Gasteiger partial charge on any atom is 0.420 e. The van der Waals surface area contributed by atoms with E-state index in [9.17, 15) is 36.5 Å². The molecule has 11 nitrogen and oxygen atoms in total. The molecule has 2 aromatic carbocycles. The van der Waals surface area contributed by atoms with Crippen molar-refractivity contribution in [3.63, 3.8) is 0 Å². The van der Waals surface area contributed by atoms with Crippen LogP contribution in [0.25, 0.3) is 0 Å². The van der Waals surface area contributed by atoms with Gasteiger partial charge < -0.3 is 10.4 Å². The van der Waals surface area contributed by atoms with Crippen LogP contribution in [0, 0.1) is 15.9 Å². The number of anilines is 2. The number of nitro groups is 1. The summed E-state index contributed by atoms with van der Waals surface area (Å²) in [7, 11) is -3.19. The first-order valence-corrected chi connectivity index (χ1v) is 11.6. The first-order chi connectivity index (χ1) is 16.5. The Kier molecular flexibility index (Phi) is 6.80. The van der Waals surface area contributed by atoms with Crippen molar-refractivity contribution in [1.29, 1.82) is 0 Å². The molecule has 3 N–H and O–H groups in total. The lowest BCUT2D eigenvalue weighted by atomic mass is 9.93. The molecule has 0 fully saturated rings. The number of hydrogen-bond donors (Lipinski definition) is 3. The summed E-state index contributed by atoms with van der Waals surface area (Å²) in [5.74, 6) is -2.74. The second-order valence-electron chi connectivity index (χ2n) is 7.73.